The Balaban J connectivity index is 1.74. The van der Waals surface area contributed by atoms with Gasteiger partial charge in [0.15, 0.2) is 12.6 Å². The van der Waals surface area contributed by atoms with Crippen LogP contribution in [0.5, 0.6) is 0 Å². The molecule has 2 heterocycles. The molecule has 14 nitrogen and oxygen atoms in total. The topological polar surface area (TPSA) is 214 Å². The molecule has 70 heavy (non-hydrogen) atoms. The van der Waals surface area contributed by atoms with E-state index in [0.717, 1.165) is 70.6 Å². The minimum atomic E-state index is -1.71. The lowest BCUT2D eigenvalue weighted by Crippen LogP contribution is -2.61. The maximum atomic E-state index is 13.0. The van der Waals surface area contributed by atoms with Gasteiger partial charge in [0.05, 0.1) is 26.4 Å². The summed E-state index contributed by atoms with van der Waals surface area (Å²) in [5.41, 5.74) is 0. The summed E-state index contributed by atoms with van der Waals surface area (Å²) in [7, 11) is 0. The van der Waals surface area contributed by atoms with E-state index >= 15 is 0 Å². The Morgan fingerprint density at radius 3 is 1.40 bits per heavy atom. The maximum absolute atomic E-state index is 13.0. The Morgan fingerprint density at radius 2 is 0.886 bits per heavy atom. The van der Waals surface area contributed by atoms with Crippen molar-refractivity contribution in [1.82, 2.24) is 0 Å². The number of ether oxygens (including phenoxy) is 6. The van der Waals surface area contributed by atoms with Crippen molar-refractivity contribution in [2.24, 2.45) is 0 Å². The van der Waals surface area contributed by atoms with Crippen LogP contribution < -0.4 is 0 Å². The summed E-state index contributed by atoms with van der Waals surface area (Å²) >= 11 is 0. The third-order valence-electron chi connectivity index (χ3n) is 13.1. The van der Waals surface area contributed by atoms with Gasteiger partial charge in [0.25, 0.3) is 0 Å². The molecule has 0 aliphatic carbocycles. The number of esters is 1. The lowest BCUT2D eigenvalue weighted by Gasteiger charge is -2.42. The molecule has 0 radical (unpaired) electrons. The second kappa shape index (κ2) is 43.4. The Hall–Kier alpha value is -2.05. The predicted molar refractivity (Wildman–Crippen MR) is 275 cm³/mol. The van der Waals surface area contributed by atoms with Crippen LogP contribution >= 0.6 is 0 Å². The Labute approximate surface area is 422 Å². The van der Waals surface area contributed by atoms with Gasteiger partial charge in [0.1, 0.15) is 54.9 Å². The van der Waals surface area contributed by atoms with Crippen molar-refractivity contribution < 1.29 is 69.0 Å². The number of aliphatic hydroxyl groups is 7. The molecule has 408 valence electrons. The van der Waals surface area contributed by atoms with E-state index in [0.29, 0.717) is 13.0 Å². The van der Waals surface area contributed by atoms with Gasteiger partial charge in [-0.2, -0.15) is 0 Å². The van der Waals surface area contributed by atoms with Crippen molar-refractivity contribution in [1.29, 1.82) is 0 Å². The van der Waals surface area contributed by atoms with Gasteiger partial charge in [-0.25, -0.2) is 0 Å². The molecule has 0 aromatic heterocycles. The average molecular weight is 997 g/mol. The highest BCUT2D eigenvalue weighted by molar-refractivity contribution is 5.69. The molecule has 0 amide bonds. The molecule has 2 aliphatic rings. The molecular formula is C56H100O14. The molecule has 2 aliphatic heterocycles. The molecule has 0 aromatic carbocycles. The number of allylic oxidation sites excluding steroid dienone is 8. The molecule has 2 rings (SSSR count). The quantitative estimate of drug-likeness (QED) is 0.0172. The molecule has 14 heteroatoms. The van der Waals surface area contributed by atoms with Crippen LogP contribution in [-0.2, 0) is 33.2 Å². The van der Waals surface area contributed by atoms with Crippen molar-refractivity contribution in [3.8, 4) is 0 Å². The predicted octanol–water partition coefficient (Wildman–Crippen LogP) is 9.13. The summed E-state index contributed by atoms with van der Waals surface area (Å²) in [4.78, 5) is 13.0. The molecule has 2 fully saturated rings. The number of hydrogen-bond acceptors (Lipinski definition) is 14. The second-order valence-electron chi connectivity index (χ2n) is 19.4. The molecule has 0 aromatic rings. The Kier molecular flexibility index (Phi) is 39.7. The summed E-state index contributed by atoms with van der Waals surface area (Å²) in [6.45, 7) is 3.63. The molecule has 0 bridgehead atoms. The van der Waals surface area contributed by atoms with E-state index in [4.69, 9.17) is 28.4 Å². The average Bonchev–Trinajstić information content (AvgIpc) is 3.36. The largest absolute Gasteiger partial charge is 0.457 e. The van der Waals surface area contributed by atoms with E-state index in [1.54, 1.807) is 0 Å². The van der Waals surface area contributed by atoms with Crippen molar-refractivity contribution in [2.45, 2.75) is 268 Å². The van der Waals surface area contributed by atoms with Crippen molar-refractivity contribution in [3.05, 3.63) is 48.6 Å². The summed E-state index contributed by atoms with van der Waals surface area (Å²) in [6, 6.07) is 0. The summed E-state index contributed by atoms with van der Waals surface area (Å²) < 4.78 is 34.3. The van der Waals surface area contributed by atoms with E-state index in [1.165, 1.54) is 103 Å². The van der Waals surface area contributed by atoms with Crippen LogP contribution in [0.2, 0.25) is 0 Å². The first kappa shape index (κ1) is 64.1. The summed E-state index contributed by atoms with van der Waals surface area (Å²) in [5, 5.41) is 72.2. The Morgan fingerprint density at radius 1 is 0.471 bits per heavy atom. The van der Waals surface area contributed by atoms with Crippen molar-refractivity contribution in [2.75, 3.05) is 33.0 Å². The first-order valence-corrected chi connectivity index (χ1v) is 27.7. The van der Waals surface area contributed by atoms with Crippen LogP contribution in [-0.4, -0.2) is 142 Å². The molecule has 7 N–H and O–H groups in total. The monoisotopic (exact) mass is 997 g/mol. The SMILES string of the molecule is CCCCC/C=C\C/C=C\CCCCCCCCCCCCOCC(COC1OC(COC2OC(CO)C(O)C(O)C2O)C(O)C(O)C1O)OC(=O)CCCCCCC/C=C\C/C=C\CCCCCC. The molecule has 0 spiro atoms. The minimum Gasteiger partial charge on any atom is -0.457 e. The third kappa shape index (κ3) is 30.2. The van der Waals surface area contributed by atoms with Crippen molar-refractivity contribution >= 4 is 5.97 Å². The third-order valence-corrected chi connectivity index (χ3v) is 13.1. The zero-order valence-electron chi connectivity index (χ0n) is 43.5. The van der Waals surface area contributed by atoms with Gasteiger partial charge >= 0.3 is 5.97 Å². The number of hydrogen-bond donors (Lipinski definition) is 7. The van der Waals surface area contributed by atoms with E-state index in [9.17, 15) is 40.5 Å². The van der Waals surface area contributed by atoms with Crippen LogP contribution in [0.1, 0.15) is 200 Å². The van der Waals surface area contributed by atoms with E-state index in [-0.39, 0.29) is 19.6 Å². The van der Waals surface area contributed by atoms with Gasteiger partial charge < -0.3 is 64.2 Å². The van der Waals surface area contributed by atoms with E-state index in [2.05, 4.69) is 62.5 Å². The zero-order valence-corrected chi connectivity index (χ0v) is 43.5. The highest BCUT2D eigenvalue weighted by Crippen LogP contribution is 2.26. The number of unbranched alkanes of at least 4 members (excludes halogenated alkanes) is 22. The Bertz CT molecular complexity index is 1340. The maximum Gasteiger partial charge on any atom is 0.306 e. The first-order valence-electron chi connectivity index (χ1n) is 27.7. The van der Waals surface area contributed by atoms with Gasteiger partial charge in [0.2, 0.25) is 0 Å². The van der Waals surface area contributed by atoms with E-state index in [1.807, 2.05) is 0 Å². The number of carbonyl (C=O) groups excluding carboxylic acids is 1. The van der Waals surface area contributed by atoms with Gasteiger partial charge in [-0.05, 0) is 77.0 Å². The molecule has 2 saturated heterocycles. The highest BCUT2D eigenvalue weighted by atomic mass is 16.7. The molecule has 11 unspecified atom stereocenters. The van der Waals surface area contributed by atoms with Crippen molar-refractivity contribution in [3.63, 3.8) is 0 Å². The van der Waals surface area contributed by atoms with Crippen LogP contribution in [0, 0.1) is 0 Å². The fourth-order valence-corrected chi connectivity index (χ4v) is 8.52. The van der Waals surface area contributed by atoms with Gasteiger partial charge in [-0.3, -0.25) is 4.79 Å². The van der Waals surface area contributed by atoms with Gasteiger partial charge in [-0.1, -0.05) is 165 Å². The molecular weight excluding hydrogens is 897 g/mol. The number of aliphatic hydroxyl groups excluding tert-OH is 7. The number of rotatable bonds is 44. The minimum absolute atomic E-state index is 0.0532. The van der Waals surface area contributed by atoms with Crippen LogP contribution in [0.25, 0.3) is 0 Å². The normalized spacial score (nSPS) is 25.8. The molecule has 11 atom stereocenters. The van der Waals surface area contributed by atoms with Crippen LogP contribution in [0.4, 0.5) is 0 Å². The smallest absolute Gasteiger partial charge is 0.306 e. The molecule has 0 saturated carbocycles. The summed E-state index contributed by atoms with van der Waals surface area (Å²) in [5.74, 6) is -0.391. The van der Waals surface area contributed by atoms with Crippen LogP contribution in [0.15, 0.2) is 48.6 Å². The highest BCUT2D eigenvalue weighted by Gasteiger charge is 2.47. The second-order valence-corrected chi connectivity index (χ2v) is 19.4. The van der Waals surface area contributed by atoms with Crippen LogP contribution in [0.3, 0.4) is 0 Å². The number of carbonyl (C=O) groups is 1. The lowest BCUT2D eigenvalue weighted by atomic mass is 9.98. The zero-order chi connectivity index (χ0) is 50.9. The summed E-state index contributed by atoms with van der Waals surface area (Å²) in [6.07, 6.45) is 34.5. The first-order chi connectivity index (χ1) is 34.1. The van der Waals surface area contributed by atoms with Gasteiger partial charge in [0, 0.05) is 13.0 Å². The van der Waals surface area contributed by atoms with Gasteiger partial charge in [-0.15, -0.1) is 0 Å². The standard InChI is InChI=1S/C56H100O14/c1-3-5-7-9-11-13-15-17-19-21-22-23-24-26-28-30-32-34-36-38-40-65-42-45(68-48(58)39-37-35-33-31-29-27-25-20-18-16-14-12-10-8-6-4-2)43-66-55-54(64)52(62)50(60)47(70-55)44-67-56-53(63)51(61)49(59)46(41-57)69-56/h11,13-14,16-17,19-20,25,45-47,49-57,59-64H,3-10,12,15,18,21-24,26-44H2,1-2H3/b13-11-,16-14-,19-17-,25-20-. The fraction of sp³-hybridized carbons (Fsp3) is 0.839. The fourth-order valence-electron chi connectivity index (χ4n) is 8.52. The lowest BCUT2D eigenvalue weighted by molar-refractivity contribution is -0.332. The van der Waals surface area contributed by atoms with E-state index < -0.39 is 86.7 Å².